The molecule has 1 aliphatic heterocycles. The molecule has 1 aromatic heterocycles. The molecule has 5 rings (SSSR count). The highest BCUT2D eigenvalue weighted by Gasteiger charge is 2.22. The summed E-state index contributed by atoms with van der Waals surface area (Å²) in [5, 5.41) is 6.08. The molecule has 4 aromatic rings. The average molecular weight is 493 g/mol. The SMILES string of the molecule is CC(=O)Nc1ccc(-c2ccnc(Nc3cccc(N4CCN(C(=O)c5ccccc5)CC4)c3)n2)cc1. The second-order valence-electron chi connectivity index (χ2n) is 8.84. The first-order valence-electron chi connectivity index (χ1n) is 12.2. The minimum atomic E-state index is -0.106. The third-order valence-electron chi connectivity index (χ3n) is 6.21. The molecular weight excluding hydrogens is 464 g/mol. The molecule has 2 heterocycles. The van der Waals surface area contributed by atoms with Gasteiger partial charge in [0, 0.05) is 67.5 Å². The van der Waals surface area contributed by atoms with Gasteiger partial charge >= 0.3 is 0 Å². The highest BCUT2D eigenvalue weighted by Crippen LogP contribution is 2.25. The van der Waals surface area contributed by atoms with Crippen molar-refractivity contribution in [2.45, 2.75) is 6.92 Å². The van der Waals surface area contributed by atoms with Crippen molar-refractivity contribution < 1.29 is 9.59 Å². The second kappa shape index (κ2) is 10.9. The Kier molecular flexibility index (Phi) is 7.07. The van der Waals surface area contributed by atoms with Crippen LogP contribution in [0, 0.1) is 0 Å². The lowest BCUT2D eigenvalue weighted by Crippen LogP contribution is -2.48. The minimum absolute atomic E-state index is 0.0810. The molecule has 1 aliphatic rings. The number of anilines is 4. The van der Waals surface area contributed by atoms with E-state index in [0.29, 0.717) is 19.0 Å². The quantitative estimate of drug-likeness (QED) is 0.402. The number of piperazine rings is 1. The maximum Gasteiger partial charge on any atom is 0.253 e. The fourth-order valence-electron chi connectivity index (χ4n) is 4.35. The molecule has 0 atom stereocenters. The highest BCUT2D eigenvalue weighted by atomic mass is 16.2. The van der Waals surface area contributed by atoms with Crippen molar-refractivity contribution in [3.63, 3.8) is 0 Å². The molecule has 0 saturated carbocycles. The number of nitrogens with one attached hydrogen (secondary N) is 2. The van der Waals surface area contributed by atoms with Gasteiger partial charge < -0.3 is 20.4 Å². The van der Waals surface area contributed by atoms with Crippen LogP contribution < -0.4 is 15.5 Å². The van der Waals surface area contributed by atoms with Gasteiger partial charge in [-0.3, -0.25) is 9.59 Å². The summed E-state index contributed by atoms with van der Waals surface area (Å²) >= 11 is 0. The largest absolute Gasteiger partial charge is 0.368 e. The zero-order valence-electron chi connectivity index (χ0n) is 20.6. The van der Waals surface area contributed by atoms with E-state index in [-0.39, 0.29) is 11.8 Å². The predicted octanol–water partition coefficient (Wildman–Crippen LogP) is 4.81. The number of hydrogen-bond acceptors (Lipinski definition) is 6. The summed E-state index contributed by atoms with van der Waals surface area (Å²) in [5.41, 5.74) is 5.15. The van der Waals surface area contributed by atoms with Gasteiger partial charge in [0.2, 0.25) is 11.9 Å². The molecule has 3 aromatic carbocycles. The van der Waals surface area contributed by atoms with Crippen LogP contribution in [0.15, 0.2) is 91.1 Å². The van der Waals surface area contributed by atoms with Crippen LogP contribution in [0.4, 0.5) is 23.0 Å². The Morgan fingerprint density at radius 3 is 2.30 bits per heavy atom. The standard InChI is InChI=1S/C29H28N6O2/c1-21(36)31-24-12-10-22(11-13-24)27-14-15-30-29(33-27)32-25-8-5-9-26(20-25)34-16-18-35(19-17-34)28(37)23-6-3-2-4-7-23/h2-15,20H,16-19H2,1H3,(H,31,36)(H,30,32,33). The molecule has 0 unspecified atom stereocenters. The zero-order chi connectivity index (χ0) is 25.6. The molecule has 0 spiro atoms. The average Bonchev–Trinajstić information content (AvgIpc) is 2.94. The van der Waals surface area contributed by atoms with Crippen molar-refractivity contribution in [1.29, 1.82) is 0 Å². The van der Waals surface area contributed by atoms with Gasteiger partial charge in [-0.25, -0.2) is 9.97 Å². The van der Waals surface area contributed by atoms with Gasteiger partial charge in [-0.2, -0.15) is 0 Å². The number of nitrogens with zero attached hydrogens (tertiary/aromatic N) is 4. The van der Waals surface area contributed by atoms with Crippen molar-refractivity contribution in [3.05, 3.63) is 96.7 Å². The highest BCUT2D eigenvalue weighted by molar-refractivity contribution is 5.94. The summed E-state index contributed by atoms with van der Waals surface area (Å²) in [7, 11) is 0. The van der Waals surface area contributed by atoms with Crippen molar-refractivity contribution in [1.82, 2.24) is 14.9 Å². The molecular formula is C29H28N6O2. The number of carbonyl (C=O) groups excluding carboxylic acids is 2. The predicted molar refractivity (Wildman–Crippen MR) is 146 cm³/mol. The normalized spacial score (nSPS) is 13.2. The number of amides is 2. The summed E-state index contributed by atoms with van der Waals surface area (Å²) in [5.74, 6) is 0.474. The fraction of sp³-hybridized carbons (Fsp3) is 0.172. The molecule has 2 N–H and O–H groups in total. The lowest BCUT2D eigenvalue weighted by molar-refractivity contribution is -0.114. The van der Waals surface area contributed by atoms with Gasteiger partial charge in [0.05, 0.1) is 5.69 Å². The topological polar surface area (TPSA) is 90.5 Å². The molecule has 8 heteroatoms. The summed E-state index contributed by atoms with van der Waals surface area (Å²) in [6, 6.07) is 27.0. The Bertz CT molecular complexity index is 1380. The number of carbonyl (C=O) groups is 2. The summed E-state index contributed by atoms with van der Waals surface area (Å²) in [6.07, 6.45) is 1.72. The van der Waals surface area contributed by atoms with Crippen LogP contribution in [0.25, 0.3) is 11.3 Å². The minimum Gasteiger partial charge on any atom is -0.368 e. The monoisotopic (exact) mass is 492 g/mol. The number of hydrogen-bond donors (Lipinski definition) is 2. The smallest absolute Gasteiger partial charge is 0.253 e. The van der Waals surface area contributed by atoms with E-state index in [9.17, 15) is 9.59 Å². The zero-order valence-corrected chi connectivity index (χ0v) is 20.6. The van der Waals surface area contributed by atoms with Crippen molar-refractivity contribution >= 4 is 34.8 Å². The molecule has 37 heavy (non-hydrogen) atoms. The lowest BCUT2D eigenvalue weighted by Gasteiger charge is -2.36. The van der Waals surface area contributed by atoms with Gasteiger partial charge in [0.25, 0.3) is 5.91 Å². The fourth-order valence-corrected chi connectivity index (χ4v) is 4.35. The maximum absolute atomic E-state index is 12.8. The molecule has 0 aliphatic carbocycles. The summed E-state index contributed by atoms with van der Waals surface area (Å²) in [4.78, 5) is 37.2. The molecule has 0 radical (unpaired) electrons. The van der Waals surface area contributed by atoms with Crippen LogP contribution in [0.2, 0.25) is 0 Å². The lowest BCUT2D eigenvalue weighted by atomic mass is 10.1. The number of aromatic nitrogens is 2. The van der Waals surface area contributed by atoms with Crippen LogP contribution in [0.1, 0.15) is 17.3 Å². The van der Waals surface area contributed by atoms with Crippen molar-refractivity contribution in [2.24, 2.45) is 0 Å². The van der Waals surface area contributed by atoms with E-state index in [2.05, 4.69) is 37.6 Å². The third kappa shape index (κ3) is 5.92. The molecule has 1 saturated heterocycles. The Morgan fingerprint density at radius 2 is 1.57 bits per heavy atom. The Morgan fingerprint density at radius 1 is 0.811 bits per heavy atom. The van der Waals surface area contributed by atoms with Crippen LogP contribution >= 0.6 is 0 Å². The molecule has 8 nitrogen and oxygen atoms in total. The van der Waals surface area contributed by atoms with Crippen molar-refractivity contribution in [2.75, 3.05) is 41.7 Å². The number of benzene rings is 3. The van der Waals surface area contributed by atoms with E-state index in [0.717, 1.165) is 47.0 Å². The Balaban J connectivity index is 1.23. The molecule has 1 fully saturated rings. The van der Waals surface area contributed by atoms with Gasteiger partial charge in [-0.1, -0.05) is 36.4 Å². The number of rotatable bonds is 6. The first-order chi connectivity index (χ1) is 18.0. The molecule has 186 valence electrons. The van der Waals surface area contributed by atoms with Crippen LogP contribution in [0.3, 0.4) is 0 Å². The van der Waals surface area contributed by atoms with E-state index in [1.54, 1.807) is 6.20 Å². The van der Waals surface area contributed by atoms with E-state index >= 15 is 0 Å². The van der Waals surface area contributed by atoms with E-state index in [4.69, 9.17) is 0 Å². The van der Waals surface area contributed by atoms with E-state index in [1.165, 1.54) is 6.92 Å². The first-order valence-corrected chi connectivity index (χ1v) is 12.2. The van der Waals surface area contributed by atoms with Gasteiger partial charge in [0.15, 0.2) is 0 Å². The van der Waals surface area contributed by atoms with Gasteiger partial charge in [-0.05, 0) is 48.5 Å². The van der Waals surface area contributed by atoms with Crippen LogP contribution in [-0.2, 0) is 4.79 Å². The van der Waals surface area contributed by atoms with Gasteiger partial charge in [0.1, 0.15) is 0 Å². The summed E-state index contributed by atoms with van der Waals surface area (Å²) < 4.78 is 0. The van der Waals surface area contributed by atoms with Gasteiger partial charge in [-0.15, -0.1) is 0 Å². The van der Waals surface area contributed by atoms with Crippen LogP contribution in [-0.4, -0.2) is 52.9 Å². The molecule has 2 amide bonds. The van der Waals surface area contributed by atoms with Crippen molar-refractivity contribution in [3.8, 4) is 11.3 Å². The Hall–Kier alpha value is -4.72. The third-order valence-corrected chi connectivity index (χ3v) is 6.21. The molecule has 0 bridgehead atoms. The Labute approximate surface area is 216 Å². The first kappa shape index (κ1) is 24.0. The second-order valence-corrected chi connectivity index (χ2v) is 8.84. The maximum atomic E-state index is 12.8. The van der Waals surface area contributed by atoms with E-state index in [1.807, 2.05) is 77.7 Å². The van der Waals surface area contributed by atoms with E-state index < -0.39 is 0 Å². The summed E-state index contributed by atoms with van der Waals surface area (Å²) in [6.45, 7) is 4.37. The van der Waals surface area contributed by atoms with Crippen LogP contribution in [0.5, 0.6) is 0 Å².